The maximum Gasteiger partial charge on any atom is 0.438 e. The molecule has 0 atom stereocenters. The van der Waals surface area contributed by atoms with Crippen LogP contribution in [0.5, 0.6) is 0 Å². The van der Waals surface area contributed by atoms with E-state index in [1.807, 2.05) is 12.2 Å². The lowest BCUT2D eigenvalue weighted by Crippen LogP contribution is -2.05. The van der Waals surface area contributed by atoms with E-state index in [2.05, 4.69) is 13.2 Å². The molecular formula is C8H15BO2. The number of hydrogen-bond donors (Lipinski definition) is 0. The molecule has 0 aliphatic heterocycles. The van der Waals surface area contributed by atoms with Crippen LogP contribution in [0.15, 0.2) is 25.3 Å². The summed E-state index contributed by atoms with van der Waals surface area (Å²) >= 11 is 0. The summed E-state index contributed by atoms with van der Waals surface area (Å²) in [5, 5.41) is 0. The highest BCUT2D eigenvalue weighted by molar-refractivity contribution is 6.17. The SMILES string of the molecule is C=CCCOBOCCC=C. The summed E-state index contributed by atoms with van der Waals surface area (Å²) in [5.74, 6) is 0. The van der Waals surface area contributed by atoms with E-state index in [1.165, 1.54) is 0 Å². The van der Waals surface area contributed by atoms with Crippen molar-refractivity contribution in [3.63, 3.8) is 0 Å². The van der Waals surface area contributed by atoms with Crippen LogP contribution in [0.4, 0.5) is 0 Å². The molecule has 0 bridgehead atoms. The van der Waals surface area contributed by atoms with Crippen LogP contribution in [-0.4, -0.2) is 20.9 Å². The van der Waals surface area contributed by atoms with Crippen LogP contribution < -0.4 is 0 Å². The van der Waals surface area contributed by atoms with Gasteiger partial charge in [0.25, 0.3) is 0 Å². The van der Waals surface area contributed by atoms with Crippen molar-refractivity contribution < 1.29 is 9.31 Å². The molecule has 0 saturated heterocycles. The predicted octanol–water partition coefficient (Wildman–Crippen LogP) is 1.44. The third-order valence-electron chi connectivity index (χ3n) is 1.10. The standard InChI is InChI=1S/C8H15BO2/c1-3-5-7-10-9-11-8-6-4-2/h3-4,9H,1-2,5-8H2. The fourth-order valence-electron chi connectivity index (χ4n) is 0.510. The monoisotopic (exact) mass is 154 g/mol. The first-order chi connectivity index (χ1) is 5.41. The molecule has 11 heavy (non-hydrogen) atoms. The highest BCUT2D eigenvalue weighted by Crippen LogP contribution is 1.84. The average molecular weight is 154 g/mol. The Morgan fingerprint density at radius 2 is 1.45 bits per heavy atom. The van der Waals surface area contributed by atoms with Gasteiger partial charge in [-0.15, -0.1) is 13.2 Å². The van der Waals surface area contributed by atoms with Gasteiger partial charge in [-0.25, -0.2) is 0 Å². The van der Waals surface area contributed by atoms with Gasteiger partial charge in [0.05, 0.1) is 0 Å². The second-order valence-corrected chi connectivity index (χ2v) is 2.09. The van der Waals surface area contributed by atoms with Crippen molar-refractivity contribution in [3.8, 4) is 0 Å². The quantitative estimate of drug-likeness (QED) is 0.299. The molecule has 0 aromatic carbocycles. The summed E-state index contributed by atoms with van der Waals surface area (Å²) in [5.41, 5.74) is 0. The van der Waals surface area contributed by atoms with Crippen LogP contribution in [0.25, 0.3) is 0 Å². The summed E-state index contributed by atoms with van der Waals surface area (Å²) in [7, 11) is 0.377. The van der Waals surface area contributed by atoms with Crippen molar-refractivity contribution in [2.75, 3.05) is 13.2 Å². The van der Waals surface area contributed by atoms with E-state index < -0.39 is 0 Å². The van der Waals surface area contributed by atoms with Crippen molar-refractivity contribution >= 4 is 7.69 Å². The first-order valence-electron chi connectivity index (χ1n) is 3.79. The Kier molecular flexibility index (Phi) is 9.00. The van der Waals surface area contributed by atoms with Gasteiger partial charge >= 0.3 is 7.69 Å². The van der Waals surface area contributed by atoms with Crippen LogP contribution in [0, 0.1) is 0 Å². The van der Waals surface area contributed by atoms with Crippen molar-refractivity contribution in [1.82, 2.24) is 0 Å². The molecule has 0 spiro atoms. The van der Waals surface area contributed by atoms with Crippen molar-refractivity contribution in [1.29, 1.82) is 0 Å². The van der Waals surface area contributed by atoms with E-state index >= 15 is 0 Å². The molecular weight excluding hydrogens is 139 g/mol. The molecule has 0 heterocycles. The molecule has 0 unspecified atom stereocenters. The number of rotatable bonds is 8. The normalized spacial score (nSPS) is 9.09. The van der Waals surface area contributed by atoms with Gasteiger partial charge in [0.2, 0.25) is 0 Å². The van der Waals surface area contributed by atoms with Crippen molar-refractivity contribution in [2.24, 2.45) is 0 Å². The smallest absolute Gasteiger partial charge is 0.414 e. The highest BCUT2D eigenvalue weighted by Gasteiger charge is 1.89. The molecule has 0 aliphatic rings. The Morgan fingerprint density at radius 3 is 1.82 bits per heavy atom. The Hall–Kier alpha value is -0.535. The van der Waals surface area contributed by atoms with Crippen LogP contribution in [-0.2, 0) is 9.31 Å². The maximum atomic E-state index is 5.09. The fourth-order valence-corrected chi connectivity index (χ4v) is 0.510. The molecule has 0 aromatic rings. The van der Waals surface area contributed by atoms with E-state index in [9.17, 15) is 0 Å². The van der Waals surface area contributed by atoms with Gasteiger partial charge in [0, 0.05) is 13.2 Å². The molecule has 0 amide bonds. The van der Waals surface area contributed by atoms with Gasteiger partial charge in [0.15, 0.2) is 0 Å². The molecule has 0 aliphatic carbocycles. The minimum Gasteiger partial charge on any atom is -0.414 e. The van der Waals surface area contributed by atoms with Crippen molar-refractivity contribution in [2.45, 2.75) is 12.8 Å². The summed E-state index contributed by atoms with van der Waals surface area (Å²) in [6.07, 6.45) is 5.41. The second-order valence-electron chi connectivity index (χ2n) is 2.09. The average Bonchev–Trinajstić information content (AvgIpc) is 2.03. The van der Waals surface area contributed by atoms with Gasteiger partial charge in [0.1, 0.15) is 0 Å². The van der Waals surface area contributed by atoms with Gasteiger partial charge in [-0.1, -0.05) is 12.2 Å². The van der Waals surface area contributed by atoms with Crippen molar-refractivity contribution in [3.05, 3.63) is 25.3 Å². The molecule has 62 valence electrons. The molecule has 0 rings (SSSR count). The molecule has 0 radical (unpaired) electrons. The zero-order valence-electron chi connectivity index (χ0n) is 6.92. The van der Waals surface area contributed by atoms with Crippen LogP contribution in [0.2, 0.25) is 0 Å². The summed E-state index contributed by atoms with van der Waals surface area (Å²) in [4.78, 5) is 0. The molecule has 2 nitrogen and oxygen atoms in total. The predicted molar refractivity (Wildman–Crippen MR) is 48.7 cm³/mol. The third kappa shape index (κ3) is 9.46. The largest absolute Gasteiger partial charge is 0.438 e. The van der Waals surface area contributed by atoms with Gasteiger partial charge < -0.3 is 9.31 Å². The first kappa shape index (κ1) is 10.5. The van der Waals surface area contributed by atoms with E-state index in [0.29, 0.717) is 20.9 Å². The van der Waals surface area contributed by atoms with E-state index in [-0.39, 0.29) is 0 Å². The van der Waals surface area contributed by atoms with E-state index in [1.54, 1.807) is 0 Å². The Bertz CT molecular complexity index is 92.3. The zero-order valence-corrected chi connectivity index (χ0v) is 6.92. The highest BCUT2D eigenvalue weighted by atomic mass is 16.6. The molecule has 0 fully saturated rings. The first-order valence-corrected chi connectivity index (χ1v) is 3.79. The lowest BCUT2D eigenvalue weighted by atomic mass is 10.3. The molecule has 0 saturated carbocycles. The molecule has 0 N–H and O–H groups in total. The van der Waals surface area contributed by atoms with Crippen LogP contribution in [0.1, 0.15) is 12.8 Å². The third-order valence-corrected chi connectivity index (χ3v) is 1.10. The Labute approximate surface area is 69.2 Å². The molecule has 0 aromatic heterocycles. The van der Waals surface area contributed by atoms with Crippen LogP contribution in [0.3, 0.4) is 0 Å². The van der Waals surface area contributed by atoms with Gasteiger partial charge in [-0.3, -0.25) is 0 Å². The fraction of sp³-hybridized carbons (Fsp3) is 0.500. The van der Waals surface area contributed by atoms with Gasteiger partial charge in [-0.05, 0) is 12.8 Å². The second kappa shape index (κ2) is 9.46. The summed E-state index contributed by atoms with van der Waals surface area (Å²) in [6, 6.07) is 0. The Morgan fingerprint density at radius 1 is 1.00 bits per heavy atom. The van der Waals surface area contributed by atoms with Crippen LogP contribution >= 0.6 is 0 Å². The van der Waals surface area contributed by atoms with E-state index in [4.69, 9.17) is 9.31 Å². The lowest BCUT2D eigenvalue weighted by molar-refractivity contribution is 0.228. The van der Waals surface area contributed by atoms with E-state index in [0.717, 1.165) is 12.8 Å². The summed E-state index contributed by atoms with van der Waals surface area (Å²) in [6.45, 7) is 8.53. The topological polar surface area (TPSA) is 18.5 Å². The van der Waals surface area contributed by atoms with Gasteiger partial charge in [-0.2, -0.15) is 0 Å². The zero-order chi connectivity index (χ0) is 8.36. The minimum atomic E-state index is 0.377. The number of hydrogen-bond acceptors (Lipinski definition) is 2. The maximum absolute atomic E-state index is 5.09. The summed E-state index contributed by atoms with van der Waals surface area (Å²) < 4.78 is 10.2. The lowest BCUT2D eigenvalue weighted by Gasteiger charge is -2.00. The Balaban J connectivity index is 2.79. The molecule has 3 heteroatoms. The minimum absolute atomic E-state index is 0.377.